The second-order valence-corrected chi connectivity index (χ2v) is 4.42. The molecule has 0 heterocycles. The summed E-state index contributed by atoms with van der Waals surface area (Å²) in [6.45, 7) is 0.783. The molecule has 0 spiro atoms. The summed E-state index contributed by atoms with van der Waals surface area (Å²) >= 11 is 0. The van der Waals surface area contributed by atoms with Crippen molar-refractivity contribution in [2.75, 3.05) is 6.66 Å². The molecule has 6 heavy (non-hydrogen) atoms. The van der Waals surface area contributed by atoms with Crippen LogP contribution in [-0.2, 0) is 0 Å². The van der Waals surface area contributed by atoms with E-state index in [1.165, 1.54) is 0 Å². The van der Waals surface area contributed by atoms with E-state index in [-0.39, 0.29) is 0 Å². The molecule has 3 N–H and O–H groups in total. The van der Waals surface area contributed by atoms with Gasteiger partial charge in [-0.1, -0.05) is 0 Å². The summed E-state index contributed by atoms with van der Waals surface area (Å²) in [5, 5.41) is 0. The van der Waals surface area contributed by atoms with Crippen LogP contribution in [0.4, 0.5) is 0 Å². The molecule has 0 aromatic heterocycles. The van der Waals surface area contributed by atoms with E-state index in [1.54, 1.807) is 0 Å². The standard InChI is InChI=1S/CH6BO3P/c1-6(2,3,4)5/h3-5H,1H3. The van der Waals surface area contributed by atoms with Gasteiger partial charge in [-0.05, 0) is 0 Å². The van der Waals surface area contributed by atoms with E-state index >= 15 is 0 Å². The zero-order chi connectivity index (χ0) is 5.45. The molecule has 0 saturated carbocycles. The first-order valence-corrected chi connectivity index (χ1v) is 3.92. The van der Waals surface area contributed by atoms with E-state index in [4.69, 9.17) is 14.7 Å². The monoisotopic (exact) mass is 108 g/mol. The molecule has 3 nitrogen and oxygen atoms in total. The number of rotatable bonds is 0. The Labute approximate surface area is 37.2 Å². The van der Waals surface area contributed by atoms with Gasteiger partial charge in [-0.2, -0.15) is 0 Å². The van der Waals surface area contributed by atoms with Gasteiger partial charge >= 0.3 is 36.1 Å². The average molecular weight is 108 g/mol. The Hall–Kier alpha value is 0.375. The van der Waals surface area contributed by atoms with Crippen molar-refractivity contribution < 1.29 is 14.7 Å². The summed E-state index contributed by atoms with van der Waals surface area (Å²) in [5.74, 6) is 0. The molecular formula is CH6BO3P. The quantitative estimate of drug-likeness (QED) is 0.274. The van der Waals surface area contributed by atoms with Crippen molar-refractivity contribution in [2.24, 2.45) is 0 Å². The van der Waals surface area contributed by atoms with Gasteiger partial charge in [0.2, 0.25) is 0 Å². The molecule has 0 aromatic rings. The Morgan fingerprint density at radius 3 is 1.33 bits per heavy atom. The summed E-state index contributed by atoms with van der Waals surface area (Å²) in [7, 11) is -0.156. The fraction of sp³-hybridized carbons (Fsp3) is 1.00. The van der Waals surface area contributed by atoms with Gasteiger partial charge in [0, 0.05) is 0 Å². The van der Waals surface area contributed by atoms with Crippen LogP contribution in [0.2, 0.25) is 0 Å². The molecule has 0 saturated heterocycles. The Kier molecular flexibility index (Phi) is 1.02. The molecule has 0 bridgehead atoms. The van der Waals surface area contributed by atoms with Gasteiger partial charge in [-0.15, -0.1) is 0 Å². The molecule has 2 radical (unpaired) electrons. The summed E-state index contributed by atoms with van der Waals surface area (Å²) in [6, 6.07) is 0. The van der Waals surface area contributed by atoms with Gasteiger partial charge in [0.1, 0.15) is 0 Å². The molecule has 0 aliphatic rings. The maximum absolute atomic E-state index is 8.01. The van der Waals surface area contributed by atoms with Gasteiger partial charge in [-0.25, -0.2) is 0 Å². The van der Waals surface area contributed by atoms with Gasteiger partial charge in [0.15, 0.2) is 0 Å². The van der Waals surface area contributed by atoms with Crippen molar-refractivity contribution in [3.63, 3.8) is 0 Å². The normalized spacial score (nSPS) is 19.0. The van der Waals surface area contributed by atoms with E-state index in [1.807, 2.05) is 0 Å². The van der Waals surface area contributed by atoms with Crippen LogP contribution in [-0.4, -0.2) is 28.9 Å². The van der Waals surface area contributed by atoms with E-state index in [0.717, 1.165) is 6.66 Å². The SMILES string of the molecule is [B]P(C)(O)(O)O. The van der Waals surface area contributed by atoms with Crippen LogP contribution in [0.15, 0.2) is 0 Å². The molecule has 0 fully saturated rings. The van der Waals surface area contributed by atoms with Crippen molar-refractivity contribution in [3.8, 4) is 0 Å². The minimum absolute atomic E-state index is 0.783. The summed E-state index contributed by atoms with van der Waals surface area (Å²) in [6.07, 6.45) is 0. The second-order valence-electron chi connectivity index (χ2n) is 1.47. The van der Waals surface area contributed by atoms with Crippen molar-refractivity contribution in [2.45, 2.75) is 0 Å². The first-order chi connectivity index (χ1) is 2.24. The van der Waals surface area contributed by atoms with Gasteiger partial charge in [0.25, 0.3) is 0 Å². The maximum atomic E-state index is 8.01. The van der Waals surface area contributed by atoms with Crippen LogP contribution in [0, 0.1) is 0 Å². The molecule has 0 atom stereocenters. The van der Waals surface area contributed by atoms with Crippen LogP contribution in [0.25, 0.3) is 0 Å². The molecule has 0 aliphatic heterocycles. The first-order valence-electron chi connectivity index (χ1n) is 1.31. The molecule has 0 amide bonds. The average Bonchev–Trinajstić information content (AvgIpc) is 0.650. The second kappa shape index (κ2) is 0.956. The Balaban J connectivity index is 3.73. The van der Waals surface area contributed by atoms with Gasteiger partial charge in [0.05, 0.1) is 0 Å². The van der Waals surface area contributed by atoms with Crippen LogP contribution >= 0.6 is 7.16 Å². The van der Waals surface area contributed by atoms with Crippen LogP contribution in [0.1, 0.15) is 0 Å². The molecule has 0 aromatic carbocycles. The predicted octanol–water partition coefficient (Wildman–Crippen LogP) is -1.03. The van der Waals surface area contributed by atoms with Gasteiger partial charge < -0.3 is 0 Å². The van der Waals surface area contributed by atoms with E-state index < -0.39 is 7.16 Å². The van der Waals surface area contributed by atoms with Crippen molar-refractivity contribution in [1.29, 1.82) is 0 Å². The summed E-state index contributed by atoms with van der Waals surface area (Å²) in [4.78, 5) is 24.0. The third-order valence-electron chi connectivity index (χ3n) is 0. The van der Waals surface area contributed by atoms with Crippen LogP contribution in [0.5, 0.6) is 0 Å². The Bertz CT molecular complexity index is 44.0. The van der Waals surface area contributed by atoms with E-state index in [9.17, 15) is 0 Å². The van der Waals surface area contributed by atoms with Crippen LogP contribution < -0.4 is 0 Å². The van der Waals surface area contributed by atoms with Crippen molar-refractivity contribution >= 4 is 14.7 Å². The van der Waals surface area contributed by atoms with E-state index in [2.05, 4.69) is 7.57 Å². The minimum atomic E-state index is -4.55. The third kappa shape index (κ3) is 354. The Morgan fingerprint density at radius 2 is 1.33 bits per heavy atom. The molecule has 0 unspecified atom stereocenters. The molecule has 5 heteroatoms. The third-order valence-corrected chi connectivity index (χ3v) is 0. The van der Waals surface area contributed by atoms with E-state index in [0.29, 0.717) is 0 Å². The summed E-state index contributed by atoms with van der Waals surface area (Å²) in [5.41, 5.74) is 0. The topological polar surface area (TPSA) is 60.7 Å². The molecule has 36 valence electrons. The first kappa shape index (κ1) is 6.37. The molecule has 0 aliphatic carbocycles. The fourth-order valence-corrected chi connectivity index (χ4v) is 0. The molecule has 0 rings (SSSR count). The summed E-state index contributed by atoms with van der Waals surface area (Å²) < 4.78 is 0. The number of hydrogen-bond donors (Lipinski definition) is 3. The molecular weight excluding hydrogens is 102 g/mol. The number of hydrogen-bond acceptors (Lipinski definition) is 3. The zero-order valence-corrected chi connectivity index (χ0v) is 4.26. The van der Waals surface area contributed by atoms with Gasteiger partial charge in [-0.3, -0.25) is 0 Å². The zero-order valence-electron chi connectivity index (χ0n) is 3.37. The van der Waals surface area contributed by atoms with Crippen LogP contribution in [0.3, 0.4) is 0 Å². The fourth-order valence-electron chi connectivity index (χ4n) is 0. The predicted molar refractivity (Wildman–Crippen MR) is 25.3 cm³/mol. The Morgan fingerprint density at radius 1 is 1.33 bits per heavy atom. The van der Waals surface area contributed by atoms with Crippen molar-refractivity contribution in [3.05, 3.63) is 0 Å². The van der Waals surface area contributed by atoms with Crippen molar-refractivity contribution in [1.82, 2.24) is 0 Å².